The Kier molecular flexibility index (Phi) is 8.33. The van der Waals surface area contributed by atoms with Crippen LogP contribution in [-0.4, -0.2) is 23.5 Å². The average Bonchev–Trinajstić information content (AvgIpc) is 2.38. The Balaban J connectivity index is 2.14. The zero-order valence-electron chi connectivity index (χ0n) is 13.8. The van der Waals surface area contributed by atoms with Crippen molar-refractivity contribution in [3.8, 4) is 0 Å². The third-order valence-electron chi connectivity index (χ3n) is 2.89. The molecule has 0 aromatic heterocycles. The van der Waals surface area contributed by atoms with Crippen LogP contribution >= 0.6 is 27.7 Å². The van der Waals surface area contributed by atoms with E-state index in [2.05, 4.69) is 39.4 Å². The number of thioether (sulfide) groups is 1. The molecule has 1 N–H and O–H groups in total. The Hall–Kier alpha value is -0.680. The lowest BCUT2D eigenvalue weighted by atomic mass is 10.1. The third kappa shape index (κ3) is 8.69. The summed E-state index contributed by atoms with van der Waals surface area (Å²) in [6, 6.07) is 8.41. The average molecular weight is 388 g/mol. The van der Waals surface area contributed by atoms with Crippen molar-refractivity contribution in [3.63, 3.8) is 0 Å². The van der Waals surface area contributed by atoms with Crippen molar-refractivity contribution >= 4 is 33.8 Å². The van der Waals surface area contributed by atoms with Gasteiger partial charge in [0.1, 0.15) is 5.60 Å². The van der Waals surface area contributed by atoms with Gasteiger partial charge in [0.15, 0.2) is 0 Å². The van der Waals surface area contributed by atoms with E-state index in [0.29, 0.717) is 0 Å². The number of alkyl carbamates (subject to hydrolysis) is 1. The Morgan fingerprint density at radius 2 is 2.00 bits per heavy atom. The van der Waals surface area contributed by atoms with Crippen LogP contribution in [0, 0.1) is 0 Å². The van der Waals surface area contributed by atoms with E-state index < -0.39 is 5.60 Å². The highest BCUT2D eigenvalue weighted by Crippen LogP contribution is 2.27. The molecule has 0 aliphatic heterocycles. The van der Waals surface area contributed by atoms with Crippen molar-refractivity contribution in [2.24, 2.45) is 0 Å². The van der Waals surface area contributed by atoms with E-state index in [4.69, 9.17) is 4.74 Å². The van der Waals surface area contributed by atoms with Crippen molar-refractivity contribution in [3.05, 3.63) is 28.7 Å². The van der Waals surface area contributed by atoms with E-state index in [9.17, 15) is 4.79 Å². The normalized spacial score (nSPS) is 12.8. The molecule has 0 radical (unpaired) electrons. The quantitative estimate of drug-likeness (QED) is 0.486. The number of ether oxygens (including phenoxy) is 1. The lowest BCUT2D eigenvalue weighted by Gasteiger charge is -2.21. The second-order valence-electron chi connectivity index (χ2n) is 6.32. The van der Waals surface area contributed by atoms with Gasteiger partial charge in [-0.05, 0) is 74.4 Å². The Bertz CT molecular complexity index is 474. The second kappa shape index (κ2) is 9.46. The number of hydrogen-bond donors (Lipinski definition) is 1. The van der Waals surface area contributed by atoms with Gasteiger partial charge in [0.2, 0.25) is 0 Å². The highest BCUT2D eigenvalue weighted by molar-refractivity contribution is 9.10. The van der Waals surface area contributed by atoms with E-state index in [1.54, 1.807) is 0 Å². The maximum atomic E-state index is 11.6. The van der Waals surface area contributed by atoms with E-state index in [-0.39, 0.29) is 12.1 Å². The topological polar surface area (TPSA) is 38.3 Å². The molecule has 0 saturated carbocycles. The minimum absolute atomic E-state index is 0.142. The summed E-state index contributed by atoms with van der Waals surface area (Å²) in [6.07, 6.45) is 2.86. The van der Waals surface area contributed by atoms with Gasteiger partial charge >= 0.3 is 6.09 Å². The fraction of sp³-hybridized carbons (Fsp3) is 0.588. The first-order chi connectivity index (χ1) is 10.3. The van der Waals surface area contributed by atoms with Gasteiger partial charge in [0.05, 0.1) is 0 Å². The number of carbonyl (C=O) groups is 1. The Labute approximate surface area is 146 Å². The van der Waals surface area contributed by atoms with E-state index in [1.807, 2.05) is 45.5 Å². The molecule has 0 unspecified atom stereocenters. The third-order valence-corrected chi connectivity index (χ3v) is 5.00. The fourth-order valence-electron chi connectivity index (χ4n) is 1.88. The molecule has 22 heavy (non-hydrogen) atoms. The van der Waals surface area contributed by atoms with Crippen LogP contribution in [0.25, 0.3) is 0 Å². The van der Waals surface area contributed by atoms with Crippen molar-refractivity contribution in [1.82, 2.24) is 5.32 Å². The standard InChI is InChI=1S/C17H26BrNO2S/c1-13(19-16(20)21-17(2,3)4)9-7-8-12-22-15-11-6-5-10-14(15)18/h5-6,10-11,13H,7-9,12H2,1-4H3,(H,19,20)/t13-/m1/s1. The number of halogens is 1. The lowest BCUT2D eigenvalue weighted by Crippen LogP contribution is -2.37. The minimum Gasteiger partial charge on any atom is -0.444 e. The molecular weight excluding hydrogens is 362 g/mol. The molecule has 1 amide bonds. The van der Waals surface area contributed by atoms with Gasteiger partial charge < -0.3 is 10.1 Å². The molecule has 0 spiro atoms. The maximum Gasteiger partial charge on any atom is 0.407 e. The molecule has 0 aliphatic carbocycles. The predicted molar refractivity (Wildman–Crippen MR) is 97.5 cm³/mol. The summed E-state index contributed by atoms with van der Waals surface area (Å²) < 4.78 is 6.40. The first kappa shape index (κ1) is 19.4. The highest BCUT2D eigenvalue weighted by Gasteiger charge is 2.17. The number of unbranched alkanes of at least 4 members (excludes halogenated alkanes) is 1. The number of carbonyl (C=O) groups excluding carboxylic acids is 1. The van der Waals surface area contributed by atoms with E-state index in [1.165, 1.54) is 4.90 Å². The van der Waals surface area contributed by atoms with Crippen LogP contribution in [0.3, 0.4) is 0 Å². The molecular formula is C17H26BrNO2S. The second-order valence-corrected chi connectivity index (χ2v) is 8.31. The number of amides is 1. The lowest BCUT2D eigenvalue weighted by molar-refractivity contribution is 0.0506. The number of nitrogens with one attached hydrogen (secondary N) is 1. The molecule has 1 aromatic rings. The van der Waals surface area contributed by atoms with Gasteiger partial charge in [-0.25, -0.2) is 4.79 Å². The van der Waals surface area contributed by atoms with Crippen molar-refractivity contribution in [2.75, 3.05) is 5.75 Å². The van der Waals surface area contributed by atoms with Gasteiger partial charge in [-0.15, -0.1) is 11.8 Å². The molecule has 3 nitrogen and oxygen atoms in total. The summed E-state index contributed by atoms with van der Waals surface area (Å²) in [5, 5.41) is 2.88. The Morgan fingerprint density at radius 1 is 1.32 bits per heavy atom. The van der Waals surface area contributed by atoms with Crippen LogP contribution in [0.2, 0.25) is 0 Å². The molecule has 5 heteroatoms. The molecule has 0 fully saturated rings. The van der Waals surface area contributed by atoms with Gasteiger partial charge in [-0.2, -0.15) is 0 Å². The smallest absolute Gasteiger partial charge is 0.407 e. The van der Waals surface area contributed by atoms with Gasteiger partial charge in [-0.1, -0.05) is 18.6 Å². The SMILES string of the molecule is C[C@H](CCCCSc1ccccc1Br)NC(=O)OC(C)(C)C. The van der Waals surface area contributed by atoms with Gasteiger partial charge in [0.25, 0.3) is 0 Å². The van der Waals surface area contributed by atoms with Crippen LogP contribution in [0.5, 0.6) is 0 Å². The maximum absolute atomic E-state index is 11.6. The number of rotatable bonds is 7. The van der Waals surface area contributed by atoms with Gasteiger partial charge in [-0.3, -0.25) is 0 Å². The van der Waals surface area contributed by atoms with Crippen LogP contribution in [0.15, 0.2) is 33.6 Å². The van der Waals surface area contributed by atoms with Gasteiger partial charge in [0, 0.05) is 15.4 Å². The summed E-state index contributed by atoms with van der Waals surface area (Å²) in [5.74, 6) is 1.09. The first-order valence-corrected chi connectivity index (χ1v) is 9.42. The van der Waals surface area contributed by atoms with E-state index in [0.717, 1.165) is 29.5 Å². The molecule has 124 valence electrons. The Morgan fingerprint density at radius 3 is 2.64 bits per heavy atom. The van der Waals surface area contributed by atoms with Crippen LogP contribution in [-0.2, 0) is 4.74 Å². The fourth-order valence-corrected chi connectivity index (χ4v) is 3.45. The molecule has 0 aliphatic rings. The molecule has 1 aromatic carbocycles. The van der Waals surface area contributed by atoms with Crippen LogP contribution in [0.1, 0.15) is 47.0 Å². The molecule has 0 saturated heterocycles. The first-order valence-electron chi connectivity index (χ1n) is 7.65. The molecule has 1 atom stereocenters. The van der Waals surface area contributed by atoms with Crippen LogP contribution in [0.4, 0.5) is 4.79 Å². The molecule has 1 rings (SSSR count). The summed E-state index contributed by atoms with van der Waals surface area (Å²) in [4.78, 5) is 12.9. The van der Waals surface area contributed by atoms with Crippen LogP contribution < -0.4 is 5.32 Å². The summed E-state index contributed by atoms with van der Waals surface area (Å²) in [5.41, 5.74) is -0.441. The highest BCUT2D eigenvalue weighted by atomic mass is 79.9. The summed E-state index contributed by atoms with van der Waals surface area (Å²) in [6.45, 7) is 7.63. The van der Waals surface area contributed by atoms with E-state index >= 15 is 0 Å². The zero-order chi connectivity index (χ0) is 16.6. The predicted octanol–water partition coefficient (Wildman–Crippen LogP) is 5.62. The summed E-state index contributed by atoms with van der Waals surface area (Å²) in [7, 11) is 0. The number of hydrogen-bond acceptors (Lipinski definition) is 3. The molecule has 0 bridgehead atoms. The largest absolute Gasteiger partial charge is 0.444 e. The number of benzene rings is 1. The van der Waals surface area contributed by atoms with Crippen molar-refractivity contribution in [2.45, 2.75) is 63.5 Å². The van der Waals surface area contributed by atoms with Crippen molar-refractivity contribution < 1.29 is 9.53 Å². The zero-order valence-corrected chi connectivity index (χ0v) is 16.2. The summed E-state index contributed by atoms with van der Waals surface area (Å²) >= 11 is 5.42. The molecule has 0 heterocycles. The van der Waals surface area contributed by atoms with Crippen molar-refractivity contribution in [1.29, 1.82) is 0 Å². The monoisotopic (exact) mass is 387 g/mol. The minimum atomic E-state index is -0.441.